The maximum absolute atomic E-state index is 12.0. The van der Waals surface area contributed by atoms with Gasteiger partial charge < -0.3 is 4.98 Å². The standard InChI is InChI=1S/C11H8BrClN2O3S/c12-8-5-7(1-2-9(8)13)15-19(17,18)11-6-14-4-3-10(11)16/h1-6,15H,(H,14,16). The second-order valence-electron chi connectivity index (χ2n) is 3.61. The van der Waals surface area contributed by atoms with E-state index in [0.29, 0.717) is 15.2 Å². The number of benzene rings is 1. The summed E-state index contributed by atoms with van der Waals surface area (Å²) >= 11 is 9.00. The van der Waals surface area contributed by atoms with Crippen molar-refractivity contribution in [2.24, 2.45) is 0 Å². The minimum absolute atomic E-state index is 0.305. The Labute approximate surface area is 122 Å². The number of hydrogen-bond donors (Lipinski definition) is 2. The van der Waals surface area contributed by atoms with Gasteiger partial charge in [0.15, 0.2) is 4.90 Å². The van der Waals surface area contributed by atoms with Crippen LogP contribution in [-0.4, -0.2) is 13.4 Å². The molecular weight excluding hydrogens is 356 g/mol. The second-order valence-corrected chi connectivity index (χ2v) is 6.52. The van der Waals surface area contributed by atoms with E-state index >= 15 is 0 Å². The van der Waals surface area contributed by atoms with Gasteiger partial charge in [0.1, 0.15) is 0 Å². The van der Waals surface area contributed by atoms with E-state index in [1.807, 2.05) is 0 Å². The van der Waals surface area contributed by atoms with Crippen molar-refractivity contribution in [1.29, 1.82) is 0 Å². The van der Waals surface area contributed by atoms with Gasteiger partial charge in [-0.05, 0) is 34.1 Å². The Balaban J connectivity index is 2.40. The summed E-state index contributed by atoms with van der Waals surface area (Å²) in [5.74, 6) is 0. The molecule has 0 radical (unpaired) electrons. The highest BCUT2D eigenvalue weighted by Gasteiger charge is 2.17. The van der Waals surface area contributed by atoms with E-state index in [9.17, 15) is 13.2 Å². The summed E-state index contributed by atoms with van der Waals surface area (Å²) < 4.78 is 26.9. The van der Waals surface area contributed by atoms with Crippen LogP contribution >= 0.6 is 27.5 Å². The lowest BCUT2D eigenvalue weighted by atomic mass is 10.3. The third-order valence-electron chi connectivity index (χ3n) is 2.25. The van der Waals surface area contributed by atoms with Gasteiger partial charge in [0.25, 0.3) is 10.0 Å². The van der Waals surface area contributed by atoms with E-state index in [-0.39, 0.29) is 4.90 Å². The van der Waals surface area contributed by atoms with Gasteiger partial charge in [0.2, 0.25) is 5.43 Å². The summed E-state index contributed by atoms with van der Waals surface area (Å²) in [7, 11) is -3.93. The lowest BCUT2D eigenvalue weighted by Gasteiger charge is -2.08. The highest BCUT2D eigenvalue weighted by molar-refractivity contribution is 9.10. The van der Waals surface area contributed by atoms with E-state index in [0.717, 1.165) is 12.3 Å². The van der Waals surface area contributed by atoms with Crippen LogP contribution in [0, 0.1) is 0 Å². The Bertz CT molecular complexity index is 774. The molecule has 0 atom stereocenters. The molecule has 0 amide bonds. The molecule has 19 heavy (non-hydrogen) atoms. The van der Waals surface area contributed by atoms with Crippen molar-refractivity contribution < 1.29 is 8.42 Å². The summed E-state index contributed by atoms with van der Waals surface area (Å²) in [6.07, 6.45) is 2.50. The van der Waals surface area contributed by atoms with Crippen LogP contribution in [0.1, 0.15) is 0 Å². The molecule has 0 bridgehead atoms. The second kappa shape index (κ2) is 5.36. The molecule has 2 rings (SSSR count). The van der Waals surface area contributed by atoms with Crippen LogP contribution in [0.25, 0.3) is 0 Å². The van der Waals surface area contributed by atoms with E-state index < -0.39 is 15.5 Å². The van der Waals surface area contributed by atoms with E-state index in [2.05, 4.69) is 25.6 Å². The summed E-state index contributed by atoms with van der Waals surface area (Å²) in [6, 6.07) is 5.70. The van der Waals surface area contributed by atoms with Crippen molar-refractivity contribution in [3.63, 3.8) is 0 Å². The molecule has 2 aromatic rings. The Hall–Kier alpha value is -1.31. The molecule has 1 aromatic carbocycles. The number of H-pyrrole nitrogens is 1. The van der Waals surface area contributed by atoms with Crippen LogP contribution in [0.15, 0.2) is 50.8 Å². The van der Waals surface area contributed by atoms with Crippen molar-refractivity contribution in [3.8, 4) is 0 Å². The summed E-state index contributed by atoms with van der Waals surface area (Å²) in [5, 5.41) is 0.459. The normalized spacial score (nSPS) is 11.3. The minimum atomic E-state index is -3.93. The topological polar surface area (TPSA) is 79.0 Å². The van der Waals surface area contributed by atoms with Crippen LogP contribution in [0.5, 0.6) is 0 Å². The van der Waals surface area contributed by atoms with Crippen molar-refractivity contribution >= 4 is 43.2 Å². The Kier molecular flexibility index (Phi) is 3.98. The average Bonchev–Trinajstić information content (AvgIpc) is 2.34. The number of anilines is 1. The van der Waals surface area contributed by atoms with E-state index in [4.69, 9.17) is 11.6 Å². The highest BCUT2D eigenvalue weighted by Crippen LogP contribution is 2.26. The van der Waals surface area contributed by atoms with Crippen LogP contribution in [-0.2, 0) is 10.0 Å². The van der Waals surface area contributed by atoms with Crippen LogP contribution in [0.2, 0.25) is 5.02 Å². The van der Waals surface area contributed by atoms with Crippen molar-refractivity contribution in [1.82, 2.24) is 4.98 Å². The quantitative estimate of drug-likeness (QED) is 0.880. The first kappa shape index (κ1) is 14.1. The third kappa shape index (κ3) is 3.17. The van der Waals surface area contributed by atoms with Gasteiger partial charge in [0.05, 0.1) is 10.7 Å². The lowest BCUT2D eigenvalue weighted by molar-refractivity contribution is 0.600. The monoisotopic (exact) mass is 362 g/mol. The van der Waals surface area contributed by atoms with Gasteiger partial charge in [0, 0.05) is 22.9 Å². The number of nitrogens with one attached hydrogen (secondary N) is 2. The SMILES string of the molecule is O=c1cc[nH]cc1S(=O)(=O)Nc1ccc(Cl)c(Br)c1. The Morgan fingerprint density at radius 2 is 2.00 bits per heavy atom. The number of pyridine rings is 1. The minimum Gasteiger partial charge on any atom is -0.366 e. The molecule has 0 fully saturated rings. The van der Waals surface area contributed by atoms with Gasteiger partial charge in [-0.15, -0.1) is 0 Å². The average molecular weight is 364 g/mol. The van der Waals surface area contributed by atoms with Gasteiger partial charge in [-0.3, -0.25) is 9.52 Å². The fourth-order valence-electron chi connectivity index (χ4n) is 1.38. The lowest BCUT2D eigenvalue weighted by Crippen LogP contribution is -2.20. The van der Waals surface area contributed by atoms with Crippen LogP contribution in [0.3, 0.4) is 0 Å². The molecule has 0 aliphatic rings. The Morgan fingerprint density at radius 1 is 1.26 bits per heavy atom. The number of aromatic nitrogens is 1. The zero-order valence-corrected chi connectivity index (χ0v) is 12.5. The summed E-state index contributed by atoms with van der Waals surface area (Å²) in [4.78, 5) is 13.7. The summed E-state index contributed by atoms with van der Waals surface area (Å²) in [6.45, 7) is 0. The van der Waals surface area contributed by atoms with E-state index in [1.54, 1.807) is 6.07 Å². The number of aromatic amines is 1. The third-order valence-corrected chi connectivity index (χ3v) is 4.87. The zero-order chi connectivity index (χ0) is 14.0. The number of hydrogen-bond acceptors (Lipinski definition) is 3. The fraction of sp³-hybridized carbons (Fsp3) is 0. The number of sulfonamides is 1. The first-order valence-electron chi connectivity index (χ1n) is 5.05. The Morgan fingerprint density at radius 3 is 2.63 bits per heavy atom. The number of halogens is 2. The predicted octanol–water partition coefficient (Wildman–Crippen LogP) is 2.59. The smallest absolute Gasteiger partial charge is 0.267 e. The summed E-state index contributed by atoms with van der Waals surface area (Å²) in [5.41, 5.74) is -0.279. The van der Waals surface area contributed by atoms with Crippen LogP contribution < -0.4 is 10.2 Å². The molecule has 100 valence electrons. The highest BCUT2D eigenvalue weighted by atomic mass is 79.9. The van der Waals surface area contributed by atoms with Gasteiger partial charge >= 0.3 is 0 Å². The first-order chi connectivity index (χ1) is 8.90. The van der Waals surface area contributed by atoms with E-state index in [1.165, 1.54) is 18.3 Å². The molecule has 1 aromatic heterocycles. The maximum atomic E-state index is 12.0. The molecule has 0 aliphatic carbocycles. The van der Waals surface area contributed by atoms with Crippen molar-refractivity contribution in [2.45, 2.75) is 4.90 Å². The molecule has 5 nitrogen and oxygen atoms in total. The molecule has 0 spiro atoms. The molecule has 0 saturated heterocycles. The maximum Gasteiger partial charge on any atom is 0.267 e. The van der Waals surface area contributed by atoms with Crippen LogP contribution in [0.4, 0.5) is 5.69 Å². The predicted molar refractivity (Wildman–Crippen MR) is 77.0 cm³/mol. The fourth-order valence-corrected chi connectivity index (χ4v) is 2.98. The largest absolute Gasteiger partial charge is 0.366 e. The molecule has 0 aliphatic heterocycles. The molecule has 0 saturated carbocycles. The molecule has 0 unspecified atom stereocenters. The molecule has 8 heteroatoms. The van der Waals surface area contributed by atoms with Gasteiger partial charge in [-0.25, -0.2) is 8.42 Å². The number of rotatable bonds is 3. The molecule has 2 N–H and O–H groups in total. The van der Waals surface area contributed by atoms with Gasteiger partial charge in [-0.1, -0.05) is 11.6 Å². The molecular formula is C11H8BrClN2O3S. The van der Waals surface area contributed by atoms with Gasteiger partial charge in [-0.2, -0.15) is 0 Å². The van der Waals surface area contributed by atoms with Crippen molar-refractivity contribution in [3.05, 3.63) is 56.4 Å². The van der Waals surface area contributed by atoms with Crippen molar-refractivity contribution in [2.75, 3.05) is 4.72 Å². The molecule has 1 heterocycles. The zero-order valence-electron chi connectivity index (χ0n) is 9.35. The first-order valence-corrected chi connectivity index (χ1v) is 7.70.